The highest BCUT2D eigenvalue weighted by molar-refractivity contribution is 9.11. The molecule has 11 heavy (non-hydrogen) atoms. The summed E-state index contributed by atoms with van der Waals surface area (Å²) in [6.45, 7) is 0.296. The average molecular weight is 219 g/mol. The summed E-state index contributed by atoms with van der Waals surface area (Å²) < 4.78 is 1.35. The van der Waals surface area contributed by atoms with E-state index in [0.29, 0.717) is 6.61 Å². The molecule has 0 bridgehead atoms. The summed E-state index contributed by atoms with van der Waals surface area (Å²) in [5.74, 6) is 0. The van der Waals surface area contributed by atoms with Crippen molar-refractivity contribution in [3.63, 3.8) is 0 Å². The second-order valence-electron chi connectivity index (χ2n) is 3.04. The third-order valence-electron chi connectivity index (χ3n) is 2.17. The van der Waals surface area contributed by atoms with E-state index in [1.807, 2.05) is 0 Å². The molecule has 0 radical (unpaired) electrons. The molecule has 1 aliphatic carbocycles. The number of hydrogen-bond donors (Lipinski definition) is 1. The van der Waals surface area contributed by atoms with Crippen LogP contribution in [0, 0.1) is 0 Å². The lowest BCUT2D eigenvalue weighted by Crippen LogP contribution is -1.89. The van der Waals surface area contributed by atoms with Crippen LogP contribution in [0.1, 0.15) is 38.5 Å². The first-order chi connectivity index (χ1) is 5.34. The van der Waals surface area contributed by atoms with Crippen molar-refractivity contribution < 1.29 is 5.11 Å². The molecular weight excluding hydrogens is 204 g/mol. The van der Waals surface area contributed by atoms with Gasteiger partial charge in [-0.3, -0.25) is 0 Å². The fourth-order valence-corrected chi connectivity index (χ4v) is 2.18. The third-order valence-corrected chi connectivity index (χ3v) is 3.13. The highest BCUT2D eigenvalue weighted by Crippen LogP contribution is 2.29. The van der Waals surface area contributed by atoms with Gasteiger partial charge in [0.1, 0.15) is 0 Å². The Hall–Kier alpha value is 0.180. The number of rotatable bonds is 2. The van der Waals surface area contributed by atoms with E-state index >= 15 is 0 Å². The van der Waals surface area contributed by atoms with Gasteiger partial charge in [0.2, 0.25) is 0 Å². The van der Waals surface area contributed by atoms with E-state index in [9.17, 15) is 0 Å². The molecule has 0 saturated carbocycles. The molecular formula is C9H15BrO. The fraction of sp³-hybridized carbons (Fsp3) is 0.778. The van der Waals surface area contributed by atoms with E-state index in [1.54, 1.807) is 0 Å². The molecule has 0 aromatic carbocycles. The van der Waals surface area contributed by atoms with Crippen molar-refractivity contribution in [3.8, 4) is 0 Å². The minimum atomic E-state index is 0.296. The van der Waals surface area contributed by atoms with Crippen LogP contribution in [0.3, 0.4) is 0 Å². The maximum Gasteiger partial charge on any atom is 0.0468 e. The summed E-state index contributed by atoms with van der Waals surface area (Å²) >= 11 is 3.57. The van der Waals surface area contributed by atoms with Gasteiger partial charge in [0.05, 0.1) is 0 Å². The van der Waals surface area contributed by atoms with Gasteiger partial charge in [0.15, 0.2) is 0 Å². The topological polar surface area (TPSA) is 20.2 Å². The Morgan fingerprint density at radius 2 is 1.91 bits per heavy atom. The van der Waals surface area contributed by atoms with Crippen LogP contribution in [0.2, 0.25) is 0 Å². The summed E-state index contributed by atoms with van der Waals surface area (Å²) in [5, 5.41) is 8.77. The lowest BCUT2D eigenvalue weighted by molar-refractivity contribution is 0.297. The predicted molar refractivity (Wildman–Crippen MR) is 50.7 cm³/mol. The number of aliphatic hydroxyl groups excluding tert-OH is 1. The highest BCUT2D eigenvalue weighted by atomic mass is 79.9. The van der Waals surface area contributed by atoms with Crippen LogP contribution in [-0.4, -0.2) is 11.7 Å². The lowest BCUT2D eigenvalue weighted by Gasteiger charge is -2.04. The Balaban J connectivity index is 2.52. The monoisotopic (exact) mass is 218 g/mol. The van der Waals surface area contributed by atoms with Crippen LogP contribution in [0.25, 0.3) is 0 Å². The van der Waals surface area contributed by atoms with Crippen molar-refractivity contribution in [2.75, 3.05) is 6.61 Å². The van der Waals surface area contributed by atoms with Crippen LogP contribution in [0.15, 0.2) is 10.1 Å². The summed E-state index contributed by atoms with van der Waals surface area (Å²) in [4.78, 5) is 0. The molecule has 0 spiro atoms. The van der Waals surface area contributed by atoms with Crippen LogP contribution in [0.5, 0.6) is 0 Å². The molecule has 0 amide bonds. The van der Waals surface area contributed by atoms with E-state index in [2.05, 4.69) is 15.9 Å². The normalized spacial score (nSPS) is 20.2. The van der Waals surface area contributed by atoms with Crippen LogP contribution in [-0.2, 0) is 0 Å². The molecule has 0 heterocycles. The number of hydrogen-bond acceptors (Lipinski definition) is 1. The van der Waals surface area contributed by atoms with E-state index in [0.717, 1.165) is 6.42 Å². The predicted octanol–water partition coefficient (Wildman–Crippen LogP) is 2.98. The molecule has 0 saturated heterocycles. The standard InChI is InChI=1S/C9H15BrO/c10-9-5-3-1-2-4-8(9)6-7-11/h11H,1-7H2. The van der Waals surface area contributed by atoms with Crippen LogP contribution in [0.4, 0.5) is 0 Å². The first-order valence-corrected chi connectivity index (χ1v) is 5.11. The largest absolute Gasteiger partial charge is 0.396 e. The summed E-state index contributed by atoms with van der Waals surface area (Å²) in [5.41, 5.74) is 1.44. The minimum Gasteiger partial charge on any atom is -0.396 e. The van der Waals surface area contributed by atoms with Crippen molar-refractivity contribution >= 4 is 15.9 Å². The third kappa shape index (κ3) is 2.96. The molecule has 0 atom stereocenters. The van der Waals surface area contributed by atoms with Crippen molar-refractivity contribution in [2.45, 2.75) is 38.5 Å². The maximum absolute atomic E-state index is 8.77. The first kappa shape index (κ1) is 9.27. The highest BCUT2D eigenvalue weighted by Gasteiger charge is 2.07. The average Bonchev–Trinajstić information content (AvgIpc) is 2.18. The van der Waals surface area contributed by atoms with Crippen LogP contribution < -0.4 is 0 Å². The van der Waals surface area contributed by atoms with Crippen molar-refractivity contribution in [1.29, 1.82) is 0 Å². The zero-order valence-corrected chi connectivity index (χ0v) is 8.36. The van der Waals surface area contributed by atoms with Gasteiger partial charge < -0.3 is 5.11 Å². The van der Waals surface area contributed by atoms with Gasteiger partial charge in [-0.2, -0.15) is 0 Å². The van der Waals surface area contributed by atoms with E-state index < -0.39 is 0 Å². The zero-order valence-electron chi connectivity index (χ0n) is 6.77. The quantitative estimate of drug-likeness (QED) is 0.756. The van der Waals surface area contributed by atoms with Gasteiger partial charge >= 0.3 is 0 Å². The molecule has 2 heteroatoms. The Labute approximate surface area is 76.6 Å². The molecule has 64 valence electrons. The Kier molecular flexibility index (Phi) is 4.16. The molecule has 1 N–H and O–H groups in total. The second kappa shape index (κ2) is 4.94. The number of allylic oxidation sites excluding steroid dienone is 1. The molecule has 0 aromatic rings. The number of halogens is 1. The molecule has 0 fully saturated rings. The van der Waals surface area contributed by atoms with Gasteiger partial charge in [0.25, 0.3) is 0 Å². The summed E-state index contributed by atoms with van der Waals surface area (Å²) in [6, 6.07) is 0. The van der Waals surface area contributed by atoms with Crippen LogP contribution >= 0.6 is 15.9 Å². The fourth-order valence-electron chi connectivity index (χ4n) is 1.50. The Morgan fingerprint density at radius 1 is 1.18 bits per heavy atom. The minimum absolute atomic E-state index is 0.296. The second-order valence-corrected chi connectivity index (χ2v) is 4.00. The molecule has 1 rings (SSSR count). The van der Waals surface area contributed by atoms with Gasteiger partial charge in [0, 0.05) is 6.61 Å². The summed E-state index contributed by atoms with van der Waals surface area (Å²) in [6.07, 6.45) is 7.15. The van der Waals surface area contributed by atoms with Crippen molar-refractivity contribution in [3.05, 3.63) is 10.1 Å². The zero-order chi connectivity index (χ0) is 8.10. The molecule has 1 nitrogen and oxygen atoms in total. The van der Waals surface area contributed by atoms with Gasteiger partial charge in [-0.25, -0.2) is 0 Å². The van der Waals surface area contributed by atoms with E-state index in [1.165, 1.54) is 42.2 Å². The van der Waals surface area contributed by atoms with E-state index in [4.69, 9.17) is 5.11 Å². The smallest absolute Gasteiger partial charge is 0.0468 e. The Bertz CT molecular complexity index is 152. The first-order valence-electron chi connectivity index (χ1n) is 4.32. The Morgan fingerprint density at radius 3 is 2.64 bits per heavy atom. The lowest BCUT2D eigenvalue weighted by atomic mass is 10.1. The van der Waals surface area contributed by atoms with Crippen molar-refractivity contribution in [2.24, 2.45) is 0 Å². The molecule has 0 aromatic heterocycles. The van der Waals surface area contributed by atoms with Crippen molar-refractivity contribution in [1.82, 2.24) is 0 Å². The van der Waals surface area contributed by atoms with Gasteiger partial charge in [-0.05, 0) is 36.6 Å². The number of aliphatic hydroxyl groups is 1. The van der Waals surface area contributed by atoms with E-state index in [-0.39, 0.29) is 0 Å². The van der Waals surface area contributed by atoms with Gasteiger partial charge in [-0.15, -0.1) is 0 Å². The molecule has 0 aliphatic heterocycles. The van der Waals surface area contributed by atoms with Gasteiger partial charge in [-0.1, -0.05) is 27.9 Å². The molecule has 0 unspecified atom stereocenters. The molecule has 1 aliphatic rings. The summed E-state index contributed by atoms with van der Waals surface area (Å²) in [7, 11) is 0. The SMILES string of the molecule is OCCC1=C(Br)CCCCC1. The maximum atomic E-state index is 8.77.